The van der Waals surface area contributed by atoms with Crippen LogP contribution in [0.25, 0.3) is 0 Å². The zero-order chi connectivity index (χ0) is 11.1. The summed E-state index contributed by atoms with van der Waals surface area (Å²) < 4.78 is 0. The van der Waals surface area contributed by atoms with Gasteiger partial charge in [0.25, 0.3) is 0 Å². The van der Waals surface area contributed by atoms with Gasteiger partial charge in [-0.3, -0.25) is 4.79 Å². The van der Waals surface area contributed by atoms with Crippen LogP contribution in [0.4, 0.5) is 0 Å². The molecule has 1 aliphatic heterocycles. The van der Waals surface area contributed by atoms with E-state index in [1.807, 2.05) is 0 Å². The van der Waals surface area contributed by atoms with Gasteiger partial charge in [0.15, 0.2) is 0 Å². The normalized spacial score (nSPS) is 21.3. The van der Waals surface area contributed by atoms with Gasteiger partial charge in [-0.2, -0.15) is 0 Å². The number of hydrogen-bond donors (Lipinski definition) is 3. The van der Waals surface area contributed by atoms with Gasteiger partial charge in [-0.05, 0) is 19.4 Å². The molecule has 5 nitrogen and oxygen atoms in total. The summed E-state index contributed by atoms with van der Waals surface area (Å²) in [6.45, 7) is 2.22. The summed E-state index contributed by atoms with van der Waals surface area (Å²) in [5.74, 6) is 0.0575. The van der Waals surface area contributed by atoms with E-state index in [1.165, 1.54) is 4.90 Å². The Hall–Kier alpha value is -0.650. The van der Waals surface area contributed by atoms with Gasteiger partial charge in [-0.25, -0.2) is 0 Å². The van der Waals surface area contributed by atoms with E-state index in [0.29, 0.717) is 19.6 Å². The van der Waals surface area contributed by atoms with E-state index in [4.69, 9.17) is 10.2 Å². The first kappa shape index (κ1) is 12.4. The second kappa shape index (κ2) is 6.76. The molecule has 1 saturated heterocycles. The highest BCUT2D eigenvalue weighted by molar-refractivity contribution is 5.79. The number of piperidine rings is 1. The average Bonchev–Trinajstić information content (AvgIpc) is 2.29. The number of hydrogen-bond acceptors (Lipinski definition) is 4. The van der Waals surface area contributed by atoms with Crippen LogP contribution in [0, 0.1) is 5.92 Å². The molecule has 1 rings (SSSR count). The maximum absolute atomic E-state index is 11.9. The quantitative estimate of drug-likeness (QED) is 0.540. The number of nitrogens with one attached hydrogen (secondary N) is 1. The molecule has 0 aliphatic carbocycles. The highest BCUT2D eigenvalue weighted by Gasteiger charge is 2.25. The molecule has 1 heterocycles. The lowest BCUT2D eigenvalue weighted by atomic mass is 9.98. The molecule has 3 N–H and O–H groups in total. The minimum absolute atomic E-state index is 0.0110. The average molecular weight is 216 g/mol. The number of nitrogens with zero attached hydrogens (tertiary/aromatic N) is 1. The van der Waals surface area contributed by atoms with Crippen LogP contribution < -0.4 is 5.32 Å². The first-order valence-corrected chi connectivity index (χ1v) is 5.50. The van der Waals surface area contributed by atoms with E-state index in [1.54, 1.807) is 0 Å². The summed E-state index contributed by atoms with van der Waals surface area (Å²) in [7, 11) is 0. The summed E-state index contributed by atoms with van der Waals surface area (Å²) in [5.41, 5.74) is 0. The van der Waals surface area contributed by atoms with Crippen molar-refractivity contribution in [1.29, 1.82) is 0 Å². The number of carbonyl (C=O) groups excluding carboxylic acids is 1. The molecular weight excluding hydrogens is 196 g/mol. The largest absolute Gasteiger partial charge is 0.395 e. The SMILES string of the molecule is O=C([C@@H]1CCCNC1)N(CCO)CCO. The van der Waals surface area contributed by atoms with E-state index in [0.717, 1.165) is 19.4 Å². The van der Waals surface area contributed by atoms with E-state index < -0.39 is 0 Å². The van der Waals surface area contributed by atoms with Crippen LogP contribution in [0.15, 0.2) is 0 Å². The van der Waals surface area contributed by atoms with Crippen molar-refractivity contribution in [2.75, 3.05) is 39.4 Å². The first-order valence-electron chi connectivity index (χ1n) is 5.50. The van der Waals surface area contributed by atoms with Crippen LogP contribution in [-0.4, -0.2) is 60.4 Å². The van der Waals surface area contributed by atoms with Crippen molar-refractivity contribution in [3.05, 3.63) is 0 Å². The topological polar surface area (TPSA) is 72.8 Å². The molecule has 0 aromatic rings. The van der Waals surface area contributed by atoms with Gasteiger partial charge in [0.05, 0.1) is 19.1 Å². The number of amides is 1. The lowest BCUT2D eigenvalue weighted by Crippen LogP contribution is -2.45. The number of carbonyl (C=O) groups is 1. The molecule has 0 saturated carbocycles. The lowest BCUT2D eigenvalue weighted by molar-refractivity contribution is -0.137. The predicted molar refractivity (Wildman–Crippen MR) is 56.3 cm³/mol. The fourth-order valence-corrected chi connectivity index (χ4v) is 1.89. The van der Waals surface area contributed by atoms with Crippen LogP contribution in [0.2, 0.25) is 0 Å². The number of aliphatic hydroxyl groups is 2. The molecule has 0 unspecified atom stereocenters. The van der Waals surface area contributed by atoms with Crippen molar-refractivity contribution >= 4 is 5.91 Å². The molecular formula is C10H20N2O3. The van der Waals surface area contributed by atoms with Crippen LogP contribution in [0.3, 0.4) is 0 Å². The molecule has 1 aliphatic rings. The van der Waals surface area contributed by atoms with Crippen molar-refractivity contribution in [3.63, 3.8) is 0 Å². The molecule has 1 fully saturated rings. The summed E-state index contributed by atoms with van der Waals surface area (Å²) >= 11 is 0. The van der Waals surface area contributed by atoms with E-state index in [-0.39, 0.29) is 25.0 Å². The molecule has 1 atom stereocenters. The fourth-order valence-electron chi connectivity index (χ4n) is 1.89. The Labute approximate surface area is 90.1 Å². The Balaban J connectivity index is 2.45. The monoisotopic (exact) mass is 216 g/mol. The second-order valence-corrected chi connectivity index (χ2v) is 3.82. The van der Waals surface area contributed by atoms with E-state index in [2.05, 4.69) is 5.32 Å². The lowest BCUT2D eigenvalue weighted by Gasteiger charge is -2.28. The third-order valence-electron chi connectivity index (χ3n) is 2.70. The van der Waals surface area contributed by atoms with Crippen molar-refractivity contribution < 1.29 is 15.0 Å². The molecule has 0 bridgehead atoms. The highest BCUT2D eigenvalue weighted by Crippen LogP contribution is 2.13. The van der Waals surface area contributed by atoms with Gasteiger partial charge >= 0.3 is 0 Å². The van der Waals surface area contributed by atoms with Crippen molar-refractivity contribution in [1.82, 2.24) is 10.2 Å². The molecule has 0 aromatic heterocycles. The molecule has 88 valence electrons. The zero-order valence-electron chi connectivity index (χ0n) is 8.98. The van der Waals surface area contributed by atoms with Crippen LogP contribution in [-0.2, 0) is 4.79 Å². The Bertz CT molecular complexity index is 187. The maximum atomic E-state index is 11.9. The Kier molecular flexibility index (Phi) is 5.60. The van der Waals surface area contributed by atoms with Crippen molar-refractivity contribution in [3.8, 4) is 0 Å². The molecule has 5 heteroatoms. The minimum atomic E-state index is -0.0497. The van der Waals surface area contributed by atoms with Gasteiger partial charge in [-0.15, -0.1) is 0 Å². The Morgan fingerprint density at radius 1 is 1.33 bits per heavy atom. The zero-order valence-corrected chi connectivity index (χ0v) is 8.98. The number of rotatable bonds is 5. The van der Waals surface area contributed by atoms with Crippen molar-refractivity contribution in [2.24, 2.45) is 5.92 Å². The molecule has 0 radical (unpaired) electrons. The molecule has 0 aromatic carbocycles. The smallest absolute Gasteiger partial charge is 0.227 e. The Morgan fingerprint density at radius 2 is 2.00 bits per heavy atom. The van der Waals surface area contributed by atoms with Crippen LogP contribution in [0.1, 0.15) is 12.8 Å². The Morgan fingerprint density at radius 3 is 2.47 bits per heavy atom. The van der Waals surface area contributed by atoms with Gasteiger partial charge in [0.1, 0.15) is 0 Å². The van der Waals surface area contributed by atoms with E-state index in [9.17, 15) is 4.79 Å². The first-order chi connectivity index (χ1) is 7.29. The standard InChI is InChI=1S/C10H20N2O3/c13-6-4-12(5-7-14)10(15)9-2-1-3-11-8-9/h9,11,13-14H,1-8H2/t9-/m1/s1. The second-order valence-electron chi connectivity index (χ2n) is 3.82. The highest BCUT2D eigenvalue weighted by atomic mass is 16.3. The molecule has 15 heavy (non-hydrogen) atoms. The fraction of sp³-hybridized carbons (Fsp3) is 0.900. The maximum Gasteiger partial charge on any atom is 0.227 e. The van der Waals surface area contributed by atoms with Crippen LogP contribution >= 0.6 is 0 Å². The summed E-state index contributed by atoms with van der Waals surface area (Å²) in [6.07, 6.45) is 1.92. The third-order valence-corrected chi connectivity index (χ3v) is 2.70. The predicted octanol–water partition coefficient (Wildman–Crippen LogP) is -1.20. The summed E-state index contributed by atoms with van der Waals surface area (Å²) in [6, 6.07) is 0. The van der Waals surface area contributed by atoms with Crippen molar-refractivity contribution in [2.45, 2.75) is 12.8 Å². The number of aliphatic hydroxyl groups excluding tert-OH is 2. The summed E-state index contributed by atoms with van der Waals surface area (Å²) in [5, 5.41) is 20.8. The van der Waals surface area contributed by atoms with Gasteiger partial charge in [0, 0.05) is 19.6 Å². The van der Waals surface area contributed by atoms with Gasteiger partial charge in [-0.1, -0.05) is 0 Å². The molecule has 1 amide bonds. The van der Waals surface area contributed by atoms with Crippen LogP contribution in [0.5, 0.6) is 0 Å². The summed E-state index contributed by atoms with van der Waals surface area (Å²) in [4.78, 5) is 13.5. The molecule has 0 spiro atoms. The van der Waals surface area contributed by atoms with E-state index >= 15 is 0 Å². The van der Waals surface area contributed by atoms with Gasteiger partial charge < -0.3 is 20.4 Å². The minimum Gasteiger partial charge on any atom is -0.395 e. The van der Waals surface area contributed by atoms with Gasteiger partial charge in [0.2, 0.25) is 5.91 Å². The third kappa shape index (κ3) is 3.77.